The van der Waals surface area contributed by atoms with Crippen molar-refractivity contribution in [1.29, 1.82) is 5.26 Å². The molecule has 2 N–H and O–H groups in total. The number of nitrogens with zero attached hydrogens (tertiary/aromatic N) is 1. The van der Waals surface area contributed by atoms with Gasteiger partial charge in [-0.15, -0.1) is 0 Å². The molecule has 7 heteroatoms. The zero-order valence-electron chi connectivity index (χ0n) is 18.1. The van der Waals surface area contributed by atoms with E-state index in [9.17, 15) is 9.59 Å². The van der Waals surface area contributed by atoms with E-state index in [0.717, 1.165) is 24.7 Å². The summed E-state index contributed by atoms with van der Waals surface area (Å²) in [6, 6.07) is 15.7. The molecule has 0 saturated heterocycles. The second kappa shape index (κ2) is 12.5. The van der Waals surface area contributed by atoms with Gasteiger partial charge in [-0.3, -0.25) is 9.59 Å². The van der Waals surface area contributed by atoms with Crippen molar-refractivity contribution >= 4 is 23.2 Å². The van der Waals surface area contributed by atoms with Crippen LogP contribution >= 0.6 is 0 Å². The van der Waals surface area contributed by atoms with Gasteiger partial charge in [-0.2, -0.15) is 5.26 Å². The van der Waals surface area contributed by atoms with E-state index < -0.39 is 0 Å². The number of anilines is 2. The monoisotopic (exact) mass is 435 g/mol. The normalized spacial score (nSPS) is 13.7. The van der Waals surface area contributed by atoms with Gasteiger partial charge in [-0.05, 0) is 60.9 Å². The van der Waals surface area contributed by atoms with Crippen LogP contribution in [0.5, 0.6) is 5.75 Å². The Kier molecular flexibility index (Phi) is 9.08. The Labute approximate surface area is 188 Å². The summed E-state index contributed by atoms with van der Waals surface area (Å²) in [7, 11) is 0. The third-order valence-corrected chi connectivity index (χ3v) is 5.42. The number of benzene rings is 2. The van der Waals surface area contributed by atoms with Crippen LogP contribution in [0.3, 0.4) is 0 Å². The molecule has 0 radical (unpaired) electrons. The fraction of sp³-hybridized carbons (Fsp3) is 0.400. The lowest BCUT2D eigenvalue weighted by molar-refractivity contribution is -0.125. The van der Waals surface area contributed by atoms with E-state index in [4.69, 9.17) is 14.7 Å². The second-order valence-electron chi connectivity index (χ2n) is 7.94. The van der Waals surface area contributed by atoms with E-state index in [1.165, 1.54) is 32.1 Å². The van der Waals surface area contributed by atoms with Gasteiger partial charge >= 0.3 is 0 Å². The summed E-state index contributed by atoms with van der Waals surface area (Å²) in [5.41, 5.74) is 1.71. The molecular weight excluding hydrogens is 406 g/mol. The Balaban J connectivity index is 1.31. The molecule has 2 amide bonds. The molecule has 0 atom stereocenters. The predicted molar refractivity (Wildman–Crippen MR) is 122 cm³/mol. The van der Waals surface area contributed by atoms with Crippen LogP contribution in [-0.2, 0) is 14.3 Å². The van der Waals surface area contributed by atoms with Crippen LogP contribution in [0, 0.1) is 17.2 Å². The number of hydrogen-bond donors (Lipinski definition) is 2. The van der Waals surface area contributed by atoms with Crippen molar-refractivity contribution in [2.24, 2.45) is 5.92 Å². The molecule has 32 heavy (non-hydrogen) atoms. The topological polar surface area (TPSA) is 100 Å². The lowest BCUT2D eigenvalue weighted by Crippen LogP contribution is -2.23. The number of nitrogens with one attached hydrogen (secondary N) is 2. The van der Waals surface area contributed by atoms with Gasteiger partial charge < -0.3 is 20.1 Å². The van der Waals surface area contributed by atoms with Crippen LogP contribution in [0.2, 0.25) is 0 Å². The molecule has 1 fully saturated rings. The van der Waals surface area contributed by atoms with E-state index in [-0.39, 0.29) is 25.0 Å². The fourth-order valence-corrected chi connectivity index (χ4v) is 3.71. The standard InChI is InChI=1S/C25H29N3O4/c26-16-20-6-8-21(9-7-20)27-24(29)17-31-18-25(30)28-22-10-12-23(13-11-22)32-15-14-19-4-2-1-3-5-19/h6-13,19H,1-5,14-15,17-18H2,(H,27,29)(H,28,30). The maximum atomic E-state index is 12.0. The van der Waals surface area contributed by atoms with Crippen LogP contribution in [0.4, 0.5) is 11.4 Å². The number of ether oxygens (including phenoxy) is 2. The van der Waals surface area contributed by atoms with Gasteiger partial charge in [0.2, 0.25) is 11.8 Å². The van der Waals surface area contributed by atoms with E-state index in [1.54, 1.807) is 36.4 Å². The molecule has 1 aliphatic rings. The minimum atomic E-state index is -0.378. The zero-order valence-corrected chi connectivity index (χ0v) is 18.1. The van der Waals surface area contributed by atoms with Crippen LogP contribution in [-0.4, -0.2) is 31.6 Å². The average molecular weight is 436 g/mol. The zero-order chi connectivity index (χ0) is 22.6. The molecule has 0 heterocycles. The molecule has 0 aliphatic heterocycles. The Hall–Kier alpha value is -3.37. The van der Waals surface area contributed by atoms with E-state index in [1.807, 2.05) is 18.2 Å². The SMILES string of the molecule is N#Cc1ccc(NC(=O)COCC(=O)Nc2ccc(OCCC3CCCCC3)cc2)cc1. The van der Waals surface area contributed by atoms with Crippen molar-refractivity contribution in [3.63, 3.8) is 0 Å². The van der Waals surface area contributed by atoms with Crippen molar-refractivity contribution < 1.29 is 19.1 Å². The Morgan fingerprint density at radius 1 is 0.875 bits per heavy atom. The molecule has 2 aromatic carbocycles. The summed E-state index contributed by atoms with van der Waals surface area (Å²) in [6.07, 6.45) is 7.76. The second-order valence-corrected chi connectivity index (χ2v) is 7.94. The van der Waals surface area contributed by atoms with Crippen molar-refractivity contribution in [3.8, 4) is 11.8 Å². The maximum Gasteiger partial charge on any atom is 0.250 e. The first-order valence-corrected chi connectivity index (χ1v) is 11.0. The van der Waals surface area contributed by atoms with E-state index >= 15 is 0 Å². The largest absolute Gasteiger partial charge is 0.494 e. The third-order valence-electron chi connectivity index (χ3n) is 5.42. The summed E-state index contributed by atoms with van der Waals surface area (Å²) in [4.78, 5) is 23.9. The smallest absolute Gasteiger partial charge is 0.250 e. The van der Waals surface area contributed by atoms with Crippen molar-refractivity contribution in [1.82, 2.24) is 0 Å². The van der Waals surface area contributed by atoms with Crippen LogP contribution in [0.15, 0.2) is 48.5 Å². The van der Waals surface area contributed by atoms with Gasteiger partial charge in [0.25, 0.3) is 0 Å². The van der Waals surface area contributed by atoms with Crippen LogP contribution in [0.1, 0.15) is 44.1 Å². The van der Waals surface area contributed by atoms with Crippen molar-refractivity contribution in [2.45, 2.75) is 38.5 Å². The first-order valence-electron chi connectivity index (χ1n) is 11.0. The molecule has 0 spiro atoms. The molecule has 1 aliphatic carbocycles. The third kappa shape index (κ3) is 8.05. The molecular formula is C25H29N3O4. The maximum absolute atomic E-state index is 12.0. The number of amides is 2. The number of nitriles is 1. The number of carbonyl (C=O) groups is 2. The number of hydrogen-bond acceptors (Lipinski definition) is 5. The Morgan fingerprint density at radius 3 is 2.00 bits per heavy atom. The highest BCUT2D eigenvalue weighted by Crippen LogP contribution is 2.26. The minimum Gasteiger partial charge on any atom is -0.494 e. The highest BCUT2D eigenvalue weighted by molar-refractivity contribution is 5.93. The molecule has 3 rings (SSSR count). The fourth-order valence-electron chi connectivity index (χ4n) is 3.71. The van der Waals surface area contributed by atoms with Gasteiger partial charge in [-0.1, -0.05) is 32.1 Å². The van der Waals surface area contributed by atoms with Gasteiger partial charge in [0.1, 0.15) is 19.0 Å². The summed E-state index contributed by atoms with van der Waals surface area (Å²) in [5, 5.41) is 14.1. The van der Waals surface area contributed by atoms with E-state index in [0.29, 0.717) is 16.9 Å². The Morgan fingerprint density at radius 2 is 1.44 bits per heavy atom. The van der Waals surface area contributed by atoms with Crippen LogP contribution in [0.25, 0.3) is 0 Å². The lowest BCUT2D eigenvalue weighted by Gasteiger charge is -2.21. The number of carbonyl (C=O) groups excluding carboxylic acids is 2. The van der Waals surface area contributed by atoms with Crippen molar-refractivity contribution in [2.75, 3.05) is 30.5 Å². The number of rotatable bonds is 10. The average Bonchev–Trinajstić information content (AvgIpc) is 2.81. The summed E-state index contributed by atoms with van der Waals surface area (Å²) in [6.45, 7) is 0.233. The summed E-state index contributed by atoms with van der Waals surface area (Å²) < 4.78 is 11.0. The highest BCUT2D eigenvalue weighted by Gasteiger charge is 2.13. The minimum absolute atomic E-state index is 0.236. The summed E-state index contributed by atoms with van der Waals surface area (Å²) in [5.74, 6) is 0.849. The van der Waals surface area contributed by atoms with Gasteiger partial charge in [0.15, 0.2) is 0 Å². The molecule has 0 aromatic heterocycles. The molecule has 0 bridgehead atoms. The predicted octanol–water partition coefficient (Wildman–Crippen LogP) is 4.50. The van der Waals surface area contributed by atoms with Gasteiger partial charge in [0.05, 0.1) is 18.2 Å². The van der Waals surface area contributed by atoms with Crippen LogP contribution < -0.4 is 15.4 Å². The molecule has 168 valence electrons. The quantitative estimate of drug-likeness (QED) is 0.572. The molecule has 7 nitrogen and oxygen atoms in total. The summed E-state index contributed by atoms with van der Waals surface area (Å²) >= 11 is 0. The lowest BCUT2D eigenvalue weighted by atomic mass is 9.87. The Bertz CT molecular complexity index is 914. The van der Waals surface area contributed by atoms with Gasteiger partial charge in [0, 0.05) is 11.4 Å². The first-order chi connectivity index (χ1) is 15.6. The van der Waals surface area contributed by atoms with E-state index in [2.05, 4.69) is 10.6 Å². The van der Waals surface area contributed by atoms with Gasteiger partial charge in [-0.25, -0.2) is 0 Å². The highest BCUT2D eigenvalue weighted by atomic mass is 16.5. The molecule has 0 unspecified atom stereocenters. The molecule has 1 saturated carbocycles. The molecule has 2 aromatic rings. The first kappa shape index (κ1) is 23.3. The van der Waals surface area contributed by atoms with Crippen molar-refractivity contribution in [3.05, 3.63) is 54.1 Å².